The fourth-order valence-electron chi connectivity index (χ4n) is 7.02. The van der Waals surface area contributed by atoms with Gasteiger partial charge in [-0.1, -0.05) is 200 Å². The molecule has 1 N–H and O–H groups in total. The summed E-state index contributed by atoms with van der Waals surface area (Å²) in [6, 6.07) is 75.6. The second-order valence-electron chi connectivity index (χ2n) is 13.1. The van der Waals surface area contributed by atoms with Crippen molar-refractivity contribution in [2.45, 2.75) is 0 Å². The fraction of sp³-hybridized carbons (Fsp3) is 0. The van der Waals surface area contributed by atoms with Crippen LogP contribution in [-0.4, -0.2) is 70.0 Å². The number of aromatic hydroxyl groups is 1. The molecule has 0 saturated carbocycles. The highest BCUT2D eigenvalue weighted by Gasteiger charge is 2.41. The van der Waals surface area contributed by atoms with Gasteiger partial charge in [-0.25, -0.2) is 9.97 Å². The summed E-state index contributed by atoms with van der Waals surface area (Å²) in [7, 11) is 1.83. The van der Waals surface area contributed by atoms with Crippen molar-refractivity contribution in [3.63, 3.8) is 0 Å². The zero-order valence-corrected chi connectivity index (χ0v) is 36.8. The van der Waals surface area contributed by atoms with Gasteiger partial charge in [0, 0.05) is 17.4 Å². The van der Waals surface area contributed by atoms with Crippen molar-refractivity contribution in [2.24, 2.45) is 0 Å². The highest BCUT2D eigenvalue weighted by molar-refractivity contribution is 7.08. The summed E-state index contributed by atoms with van der Waals surface area (Å²) >= 11 is 0. The minimum Gasteiger partial charge on any atom is -0.506 e. The standard InChI is InChI=1S/2C18H15OSi2.C12H8N2O.Al/c2*20-19-21(16-10-4-1-5-11-16,17-12-6-2-7-13-17)18-14-8-3-9-15-18;15-11-7-3-6-10-12(11)14-9-5-2-1-4-8(9)13-10;/h2*1-15H;1-7,15H;. The van der Waals surface area contributed by atoms with Crippen LogP contribution in [0.15, 0.2) is 224 Å². The van der Waals surface area contributed by atoms with E-state index in [1.165, 1.54) is 31.1 Å². The number of fused-ring (bicyclic) bond motifs is 2. The van der Waals surface area contributed by atoms with Gasteiger partial charge in [0.2, 0.25) is 21.0 Å². The van der Waals surface area contributed by atoms with Gasteiger partial charge in [0.25, 0.3) is 16.6 Å². The molecule has 0 aliphatic rings. The molecule has 0 amide bonds. The summed E-state index contributed by atoms with van der Waals surface area (Å²) in [5.41, 5.74) is 2.91. The minimum atomic E-state index is -2.48. The van der Waals surface area contributed by atoms with Crippen molar-refractivity contribution < 1.29 is 13.3 Å². The molecular formula is C48H38AlN2O3Si4. The Bertz CT molecular complexity index is 2300. The monoisotopic (exact) mass is 829 g/mol. The molecule has 10 heteroatoms. The normalized spacial score (nSPS) is 11.0. The van der Waals surface area contributed by atoms with Gasteiger partial charge in [0.05, 0.1) is 16.6 Å². The quantitative estimate of drug-likeness (QED) is 0.123. The molecule has 1 aromatic heterocycles. The third-order valence-electron chi connectivity index (χ3n) is 9.74. The molecule has 9 aromatic rings. The first-order valence-corrected chi connectivity index (χ1v) is 23.1. The molecule has 0 aliphatic heterocycles. The van der Waals surface area contributed by atoms with Crippen LogP contribution < -0.4 is 31.1 Å². The lowest BCUT2D eigenvalue weighted by atomic mass is 10.2. The number of rotatable bonds is 8. The van der Waals surface area contributed by atoms with Crippen molar-refractivity contribution in [3.8, 4) is 5.75 Å². The van der Waals surface area contributed by atoms with E-state index in [1.807, 2.05) is 66.7 Å². The van der Waals surface area contributed by atoms with E-state index in [2.05, 4.69) is 177 Å². The first kappa shape index (κ1) is 42.1. The largest absolute Gasteiger partial charge is 0.506 e. The van der Waals surface area contributed by atoms with Gasteiger partial charge < -0.3 is 13.3 Å². The van der Waals surface area contributed by atoms with Crippen molar-refractivity contribution in [3.05, 3.63) is 224 Å². The summed E-state index contributed by atoms with van der Waals surface area (Å²) in [4.78, 5) is 8.78. The van der Waals surface area contributed by atoms with Crippen molar-refractivity contribution in [1.82, 2.24) is 9.97 Å². The summed E-state index contributed by atoms with van der Waals surface area (Å²) in [5.74, 6) is 0.172. The molecule has 0 fully saturated rings. The average Bonchev–Trinajstić information content (AvgIpc) is 3.30. The number of hydrogen-bond donors (Lipinski definition) is 1. The summed E-state index contributed by atoms with van der Waals surface area (Å²) in [6.45, 7) is 0. The van der Waals surface area contributed by atoms with Gasteiger partial charge in [-0.15, -0.1) is 0 Å². The van der Waals surface area contributed by atoms with Crippen LogP contribution in [0.25, 0.3) is 22.1 Å². The molecule has 58 heavy (non-hydrogen) atoms. The molecule has 0 unspecified atom stereocenters. The molecule has 8 aromatic carbocycles. The minimum absolute atomic E-state index is 0. The van der Waals surface area contributed by atoms with E-state index in [1.54, 1.807) is 12.1 Å². The highest BCUT2D eigenvalue weighted by Crippen LogP contribution is 2.23. The molecule has 0 bridgehead atoms. The van der Waals surface area contributed by atoms with E-state index in [0.717, 1.165) is 11.0 Å². The number of benzene rings is 8. The van der Waals surface area contributed by atoms with E-state index >= 15 is 0 Å². The van der Waals surface area contributed by atoms with Crippen LogP contribution in [0.1, 0.15) is 0 Å². The number of nitrogens with zero attached hydrogens (tertiary/aromatic N) is 2. The fourth-order valence-corrected chi connectivity index (χ4v) is 15.8. The zero-order chi connectivity index (χ0) is 39.3. The van der Waals surface area contributed by atoms with Crippen LogP contribution in [0.2, 0.25) is 0 Å². The van der Waals surface area contributed by atoms with Crippen molar-refractivity contribution in [1.29, 1.82) is 0 Å². The first-order chi connectivity index (χ1) is 28.1. The van der Waals surface area contributed by atoms with Crippen molar-refractivity contribution in [2.75, 3.05) is 0 Å². The van der Waals surface area contributed by atoms with Crippen LogP contribution in [0.4, 0.5) is 0 Å². The smallest absolute Gasteiger partial charge is 0.277 e. The van der Waals surface area contributed by atoms with Gasteiger partial charge in [0.15, 0.2) is 0 Å². The van der Waals surface area contributed by atoms with Crippen LogP contribution >= 0.6 is 0 Å². The van der Waals surface area contributed by atoms with Crippen LogP contribution in [0, 0.1) is 0 Å². The summed E-state index contributed by atoms with van der Waals surface area (Å²) in [6.07, 6.45) is 0. The predicted molar refractivity (Wildman–Crippen MR) is 246 cm³/mol. The predicted octanol–water partition coefficient (Wildman–Crippen LogP) is 5.62. The lowest BCUT2D eigenvalue weighted by Crippen LogP contribution is -2.69. The van der Waals surface area contributed by atoms with E-state index in [-0.39, 0.29) is 23.1 Å². The zero-order valence-electron chi connectivity index (χ0n) is 31.6. The van der Waals surface area contributed by atoms with E-state index in [0.29, 0.717) is 11.0 Å². The van der Waals surface area contributed by atoms with E-state index in [9.17, 15) is 5.11 Å². The molecule has 5 nitrogen and oxygen atoms in total. The van der Waals surface area contributed by atoms with Gasteiger partial charge in [0.1, 0.15) is 11.3 Å². The van der Waals surface area contributed by atoms with Crippen LogP contribution in [0.3, 0.4) is 0 Å². The summed E-state index contributed by atoms with van der Waals surface area (Å²) in [5, 5.41) is 16.9. The molecular weight excluding hydrogens is 792 g/mol. The Balaban J connectivity index is 0.000000147. The number of hydrogen-bond acceptors (Lipinski definition) is 5. The maximum Gasteiger partial charge on any atom is 0.277 e. The Labute approximate surface area is 359 Å². The number of phenols is 1. The number of aromatic nitrogens is 2. The molecule has 0 spiro atoms. The van der Waals surface area contributed by atoms with Gasteiger partial charge >= 0.3 is 0 Å². The molecule has 1 heterocycles. The topological polar surface area (TPSA) is 64.5 Å². The van der Waals surface area contributed by atoms with Crippen LogP contribution in [-0.2, 0) is 8.23 Å². The van der Waals surface area contributed by atoms with Gasteiger partial charge in [-0.2, -0.15) is 0 Å². The Morgan fingerprint density at radius 3 is 0.879 bits per heavy atom. The van der Waals surface area contributed by atoms with E-state index in [4.69, 9.17) is 8.23 Å². The Hall–Kier alpha value is -5.52. The van der Waals surface area contributed by atoms with Gasteiger partial charge in [-0.3, -0.25) is 0 Å². The molecule has 0 atom stereocenters. The molecule has 0 saturated heterocycles. The Morgan fingerprint density at radius 1 is 0.328 bits per heavy atom. The van der Waals surface area contributed by atoms with Crippen molar-refractivity contribution >= 4 is 108 Å². The third kappa shape index (κ3) is 8.95. The van der Waals surface area contributed by atoms with E-state index < -0.39 is 16.6 Å². The molecule has 277 valence electrons. The molecule has 9 rings (SSSR count). The Morgan fingerprint density at radius 2 is 0.586 bits per heavy atom. The summed E-state index contributed by atoms with van der Waals surface area (Å²) < 4.78 is 12.1. The third-order valence-corrected chi connectivity index (χ3v) is 19.1. The average molecular weight is 830 g/mol. The van der Waals surface area contributed by atoms with Crippen LogP contribution in [0.5, 0.6) is 5.75 Å². The SMILES string of the molecule is Oc1cccc2nc3ccccc3nc12.[Al].[Si]O[Si](c1ccccc1)(c1ccccc1)c1ccccc1.[Si]O[Si](c1ccccc1)(c1ccccc1)c1ccccc1. The number of phenolic OH excluding ortho intramolecular Hbond substituents is 1. The second kappa shape index (κ2) is 20.3. The maximum atomic E-state index is 9.63. The first-order valence-electron chi connectivity index (χ1n) is 18.5. The highest BCUT2D eigenvalue weighted by atomic mass is 28.4. The van der Waals surface area contributed by atoms with Gasteiger partial charge in [-0.05, 0) is 55.4 Å². The lowest BCUT2D eigenvalue weighted by molar-refractivity contribution is 0.480. The Kier molecular flexibility index (Phi) is 14.7. The molecule has 9 radical (unpaired) electrons. The second-order valence-corrected chi connectivity index (χ2v) is 20.9. The lowest BCUT2D eigenvalue weighted by Gasteiger charge is -2.31. The molecule has 0 aliphatic carbocycles. The number of para-hydroxylation sites is 3. The maximum absolute atomic E-state index is 9.63.